The van der Waals surface area contributed by atoms with Gasteiger partial charge in [0.25, 0.3) is 0 Å². The van der Waals surface area contributed by atoms with E-state index in [1.807, 2.05) is 0 Å². The van der Waals surface area contributed by atoms with Gasteiger partial charge in [0.1, 0.15) is 0 Å². The Bertz CT molecular complexity index is 245. The molecule has 0 saturated heterocycles. The van der Waals surface area contributed by atoms with Crippen LogP contribution in [0.1, 0.15) is 58.8 Å². The quantitative estimate of drug-likeness (QED) is 0.819. The number of rotatable bonds is 3. The van der Waals surface area contributed by atoms with Crippen molar-refractivity contribution in [1.82, 2.24) is 0 Å². The average molecular weight is 240 g/mol. The predicted molar refractivity (Wildman–Crippen MR) is 69.9 cm³/mol. The number of methoxy groups -OCH3 is 1. The van der Waals surface area contributed by atoms with Crippen LogP contribution in [0.4, 0.5) is 0 Å². The van der Waals surface area contributed by atoms with E-state index in [0.717, 1.165) is 24.7 Å². The fourth-order valence-electron chi connectivity index (χ4n) is 3.90. The van der Waals surface area contributed by atoms with Gasteiger partial charge in [-0.3, -0.25) is 0 Å². The molecule has 2 aliphatic carbocycles. The summed E-state index contributed by atoms with van der Waals surface area (Å²) < 4.78 is 5.73. The molecule has 100 valence electrons. The lowest BCUT2D eigenvalue weighted by Crippen LogP contribution is -2.47. The average Bonchev–Trinajstić information content (AvgIpc) is 2.81. The lowest BCUT2D eigenvalue weighted by molar-refractivity contribution is -0.129. The van der Waals surface area contributed by atoms with Crippen molar-refractivity contribution < 1.29 is 9.84 Å². The molecule has 4 atom stereocenters. The van der Waals surface area contributed by atoms with Crippen LogP contribution in [0.15, 0.2) is 0 Å². The van der Waals surface area contributed by atoms with Crippen molar-refractivity contribution in [2.75, 3.05) is 7.11 Å². The van der Waals surface area contributed by atoms with Crippen molar-refractivity contribution in [1.29, 1.82) is 0 Å². The SMILES string of the molecule is COC1(C(O)C2CCC(C)C(C)C2)CCCC1. The van der Waals surface area contributed by atoms with E-state index < -0.39 is 0 Å². The van der Waals surface area contributed by atoms with E-state index >= 15 is 0 Å². The molecule has 2 aliphatic rings. The van der Waals surface area contributed by atoms with Crippen molar-refractivity contribution in [3.05, 3.63) is 0 Å². The van der Waals surface area contributed by atoms with Gasteiger partial charge in [-0.15, -0.1) is 0 Å². The highest BCUT2D eigenvalue weighted by Gasteiger charge is 2.45. The van der Waals surface area contributed by atoms with Gasteiger partial charge in [0, 0.05) is 7.11 Å². The highest BCUT2D eigenvalue weighted by molar-refractivity contribution is 4.97. The molecular weight excluding hydrogens is 212 g/mol. The van der Waals surface area contributed by atoms with E-state index in [0.29, 0.717) is 5.92 Å². The monoisotopic (exact) mass is 240 g/mol. The maximum Gasteiger partial charge on any atom is 0.0939 e. The number of aliphatic hydroxyl groups excluding tert-OH is 1. The van der Waals surface area contributed by atoms with E-state index in [2.05, 4.69) is 13.8 Å². The van der Waals surface area contributed by atoms with Crippen LogP contribution in [-0.4, -0.2) is 23.9 Å². The van der Waals surface area contributed by atoms with Crippen molar-refractivity contribution >= 4 is 0 Å². The fraction of sp³-hybridized carbons (Fsp3) is 1.00. The summed E-state index contributed by atoms with van der Waals surface area (Å²) in [7, 11) is 1.78. The Hall–Kier alpha value is -0.0800. The summed E-state index contributed by atoms with van der Waals surface area (Å²) in [6, 6.07) is 0. The van der Waals surface area contributed by atoms with Crippen molar-refractivity contribution in [3.8, 4) is 0 Å². The van der Waals surface area contributed by atoms with E-state index in [1.165, 1.54) is 32.1 Å². The Balaban J connectivity index is 2.01. The third kappa shape index (κ3) is 2.53. The summed E-state index contributed by atoms with van der Waals surface area (Å²) in [5.74, 6) is 2.03. The van der Waals surface area contributed by atoms with Crippen LogP contribution in [0, 0.1) is 17.8 Å². The molecule has 0 heterocycles. The lowest BCUT2D eigenvalue weighted by Gasteiger charge is -2.42. The van der Waals surface area contributed by atoms with Crippen LogP contribution in [0.25, 0.3) is 0 Å². The highest BCUT2D eigenvalue weighted by Crippen LogP contribution is 2.43. The topological polar surface area (TPSA) is 29.5 Å². The Morgan fingerprint density at radius 3 is 2.29 bits per heavy atom. The summed E-state index contributed by atoms with van der Waals surface area (Å²) in [5.41, 5.74) is -0.217. The van der Waals surface area contributed by atoms with E-state index in [-0.39, 0.29) is 11.7 Å². The smallest absolute Gasteiger partial charge is 0.0939 e. The van der Waals surface area contributed by atoms with Gasteiger partial charge in [-0.25, -0.2) is 0 Å². The third-order valence-corrected chi connectivity index (χ3v) is 5.48. The minimum absolute atomic E-state index is 0.217. The molecule has 2 fully saturated rings. The highest BCUT2D eigenvalue weighted by atomic mass is 16.5. The molecule has 2 rings (SSSR count). The maximum atomic E-state index is 10.7. The summed E-state index contributed by atoms with van der Waals surface area (Å²) in [6.07, 6.45) is 7.89. The molecule has 0 aromatic heterocycles. The van der Waals surface area contributed by atoms with Crippen molar-refractivity contribution in [2.24, 2.45) is 17.8 Å². The molecule has 0 bridgehead atoms. The largest absolute Gasteiger partial charge is 0.390 e. The summed E-state index contributed by atoms with van der Waals surface area (Å²) in [4.78, 5) is 0. The Kier molecular flexibility index (Phi) is 4.14. The molecule has 0 aromatic rings. The number of aliphatic hydroxyl groups is 1. The molecule has 0 radical (unpaired) electrons. The standard InChI is InChI=1S/C15H28O2/c1-11-6-7-13(10-12(11)2)14(16)15(17-3)8-4-5-9-15/h11-14,16H,4-10H2,1-3H3. The van der Waals surface area contributed by atoms with Gasteiger partial charge in [0.15, 0.2) is 0 Å². The number of hydrogen-bond donors (Lipinski definition) is 1. The minimum Gasteiger partial charge on any atom is -0.390 e. The van der Waals surface area contributed by atoms with Gasteiger partial charge in [0.2, 0.25) is 0 Å². The van der Waals surface area contributed by atoms with Crippen LogP contribution < -0.4 is 0 Å². The summed E-state index contributed by atoms with van der Waals surface area (Å²) in [5, 5.41) is 10.7. The number of ether oxygens (including phenoxy) is 1. The maximum absolute atomic E-state index is 10.7. The molecule has 0 aliphatic heterocycles. The molecule has 2 heteroatoms. The first-order chi connectivity index (χ1) is 8.09. The van der Waals surface area contributed by atoms with Crippen LogP contribution in [-0.2, 0) is 4.74 Å². The van der Waals surface area contributed by atoms with Gasteiger partial charge >= 0.3 is 0 Å². The van der Waals surface area contributed by atoms with E-state index in [9.17, 15) is 5.11 Å². The Morgan fingerprint density at radius 1 is 1.12 bits per heavy atom. The van der Waals surface area contributed by atoms with Crippen molar-refractivity contribution in [3.63, 3.8) is 0 Å². The predicted octanol–water partition coefficient (Wildman–Crippen LogP) is 3.38. The molecular formula is C15H28O2. The zero-order valence-electron chi connectivity index (χ0n) is 11.6. The second kappa shape index (κ2) is 5.27. The molecule has 17 heavy (non-hydrogen) atoms. The molecule has 0 aromatic carbocycles. The Morgan fingerprint density at radius 2 is 1.76 bits per heavy atom. The second-order valence-corrected chi connectivity index (χ2v) is 6.45. The normalized spacial score (nSPS) is 39.2. The summed E-state index contributed by atoms with van der Waals surface area (Å²) >= 11 is 0. The first-order valence-corrected chi connectivity index (χ1v) is 7.32. The first kappa shape index (κ1) is 13.4. The Labute approximate surface area is 106 Å². The minimum atomic E-state index is -0.245. The van der Waals surface area contributed by atoms with Crippen LogP contribution in [0.2, 0.25) is 0 Å². The van der Waals surface area contributed by atoms with Gasteiger partial charge in [-0.05, 0) is 43.4 Å². The van der Waals surface area contributed by atoms with E-state index in [4.69, 9.17) is 4.74 Å². The molecule has 2 saturated carbocycles. The first-order valence-electron chi connectivity index (χ1n) is 7.32. The molecule has 1 N–H and O–H groups in total. The molecule has 2 nitrogen and oxygen atoms in total. The van der Waals surface area contributed by atoms with Crippen molar-refractivity contribution in [2.45, 2.75) is 70.5 Å². The number of hydrogen-bond acceptors (Lipinski definition) is 2. The van der Waals surface area contributed by atoms with Gasteiger partial charge in [-0.1, -0.05) is 33.1 Å². The molecule has 0 spiro atoms. The lowest BCUT2D eigenvalue weighted by atomic mass is 9.70. The van der Waals surface area contributed by atoms with Crippen LogP contribution >= 0.6 is 0 Å². The van der Waals surface area contributed by atoms with Crippen LogP contribution in [0.3, 0.4) is 0 Å². The summed E-state index contributed by atoms with van der Waals surface area (Å²) in [6.45, 7) is 4.67. The van der Waals surface area contributed by atoms with Crippen LogP contribution in [0.5, 0.6) is 0 Å². The third-order valence-electron chi connectivity index (χ3n) is 5.48. The zero-order chi connectivity index (χ0) is 12.5. The van der Waals surface area contributed by atoms with E-state index in [1.54, 1.807) is 7.11 Å². The zero-order valence-corrected chi connectivity index (χ0v) is 11.6. The van der Waals surface area contributed by atoms with Gasteiger partial charge in [0.05, 0.1) is 11.7 Å². The van der Waals surface area contributed by atoms with Gasteiger partial charge in [-0.2, -0.15) is 0 Å². The van der Waals surface area contributed by atoms with Gasteiger partial charge < -0.3 is 9.84 Å². The molecule has 4 unspecified atom stereocenters. The fourth-order valence-corrected chi connectivity index (χ4v) is 3.90. The second-order valence-electron chi connectivity index (χ2n) is 6.45. The molecule has 0 amide bonds.